The number of benzene rings is 1. The van der Waals surface area contributed by atoms with Gasteiger partial charge >= 0.3 is 6.01 Å². The standard InChI is InChI=1S/C23H26N8O2/c1-13-11-31(12-14(2)27-13)19-6-5-15(20-16(19)9-25-23(28-20)33-4)22(32)29-21-17-10-26-30(3)18(17)7-8-24-21/h5-10,13-14,27H,11-12H2,1-4H3,(H,24,29,32)/t13-,14-/m0/s1. The first-order chi connectivity index (χ1) is 15.9. The molecule has 5 rings (SSSR count). The maximum Gasteiger partial charge on any atom is 0.316 e. The van der Waals surface area contributed by atoms with Crippen molar-refractivity contribution in [2.75, 3.05) is 30.4 Å². The molecule has 0 bridgehead atoms. The first-order valence-corrected chi connectivity index (χ1v) is 10.9. The molecule has 2 N–H and O–H groups in total. The van der Waals surface area contributed by atoms with Gasteiger partial charge < -0.3 is 20.3 Å². The molecule has 1 saturated heterocycles. The molecule has 0 aliphatic carbocycles. The second-order valence-corrected chi connectivity index (χ2v) is 8.44. The number of piperazine rings is 1. The molecule has 0 saturated carbocycles. The minimum Gasteiger partial charge on any atom is -0.467 e. The number of aromatic nitrogens is 5. The zero-order chi connectivity index (χ0) is 23.1. The highest BCUT2D eigenvalue weighted by Crippen LogP contribution is 2.31. The lowest BCUT2D eigenvalue weighted by atomic mass is 10.0. The van der Waals surface area contributed by atoms with Crippen LogP contribution >= 0.6 is 0 Å². The lowest BCUT2D eigenvalue weighted by Gasteiger charge is -2.38. The van der Waals surface area contributed by atoms with E-state index in [0.29, 0.717) is 29.0 Å². The summed E-state index contributed by atoms with van der Waals surface area (Å²) in [5, 5.41) is 12.3. The number of methoxy groups -OCH3 is 1. The van der Waals surface area contributed by atoms with Crippen molar-refractivity contribution >= 4 is 39.2 Å². The fourth-order valence-electron chi connectivity index (χ4n) is 4.52. The lowest BCUT2D eigenvalue weighted by molar-refractivity contribution is 0.102. The third-order valence-electron chi connectivity index (χ3n) is 5.94. The molecular formula is C23H26N8O2. The molecule has 1 fully saturated rings. The van der Waals surface area contributed by atoms with Gasteiger partial charge in [-0.1, -0.05) is 0 Å². The number of rotatable bonds is 4. The van der Waals surface area contributed by atoms with E-state index in [4.69, 9.17) is 4.74 Å². The highest BCUT2D eigenvalue weighted by molar-refractivity contribution is 6.15. The normalized spacial score (nSPS) is 18.6. The van der Waals surface area contributed by atoms with Gasteiger partial charge in [-0.3, -0.25) is 9.48 Å². The summed E-state index contributed by atoms with van der Waals surface area (Å²) >= 11 is 0. The first-order valence-electron chi connectivity index (χ1n) is 10.9. The molecule has 4 heterocycles. The number of nitrogens with one attached hydrogen (secondary N) is 2. The van der Waals surface area contributed by atoms with Crippen LogP contribution in [0.4, 0.5) is 11.5 Å². The van der Waals surface area contributed by atoms with E-state index in [1.807, 2.05) is 19.2 Å². The molecule has 3 aromatic heterocycles. The summed E-state index contributed by atoms with van der Waals surface area (Å²) in [6.45, 7) is 6.03. The monoisotopic (exact) mass is 446 g/mol. The highest BCUT2D eigenvalue weighted by atomic mass is 16.5. The predicted molar refractivity (Wildman–Crippen MR) is 127 cm³/mol. The molecule has 170 valence electrons. The van der Waals surface area contributed by atoms with E-state index in [0.717, 1.165) is 35.1 Å². The Morgan fingerprint density at radius 3 is 2.67 bits per heavy atom. The third kappa shape index (κ3) is 3.82. The van der Waals surface area contributed by atoms with E-state index < -0.39 is 0 Å². The Kier molecular flexibility index (Phi) is 5.29. The number of aryl methyl sites for hydroxylation is 1. The van der Waals surface area contributed by atoms with E-state index in [1.165, 1.54) is 7.11 Å². The first kappa shape index (κ1) is 21.1. The van der Waals surface area contributed by atoms with Crippen LogP contribution < -0.4 is 20.3 Å². The number of carbonyl (C=O) groups is 1. The van der Waals surface area contributed by atoms with Crippen molar-refractivity contribution in [3.63, 3.8) is 0 Å². The van der Waals surface area contributed by atoms with Gasteiger partial charge in [0.1, 0.15) is 5.82 Å². The van der Waals surface area contributed by atoms with Gasteiger partial charge in [0, 0.05) is 55.7 Å². The molecule has 1 amide bonds. The zero-order valence-corrected chi connectivity index (χ0v) is 19.0. The SMILES string of the molecule is COc1ncc2c(N3C[C@H](C)N[C@@H](C)C3)ccc(C(=O)Nc3nccc4c3cnn4C)c2n1. The summed E-state index contributed by atoms with van der Waals surface area (Å²) in [7, 11) is 3.36. The maximum absolute atomic E-state index is 13.4. The van der Waals surface area contributed by atoms with Gasteiger partial charge in [0.15, 0.2) is 0 Å². The van der Waals surface area contributed by atoms with E-state index in [9.17, 15) is 4.79 Å². The topological polar surface area (TPSA) is 110 Å². The van der Waals surface area contributed by atoms with Crippen LogP contribution in [0.5, 0.6) is 6.01 Å². The summed E-state index contributed by atoms with van der Waals surface area (Å²) in [6, 6.07) is 6.53. The Morgan fingerprint density at radius 2 is 1.91 bits per heavy atom. The van der Waals surface area contributed by atoms with Crippen LogP contribution in [-0.4, -0.2) is 62.9 Å². The van der Waals surface area contributed by atoms with E-state index in [2.05, 4.69) is 49.4 Å². The molecular weight excluding hydrogens is 420 g/mol. The van der Waals surface area contributed by atoms with E-state index >= 15 is 0 Å². The summed E-state index contributed by atoms with van der Waals surface area (Å²) in [5.41, 5.74) is 2.84. The number of anilines is 2. The fraction of sp³-hybridized carbons (Fsp3) is 0.348. The molecule has 1 aromatic carbocycles. The summed E-state index contributed by atoms with van der Waals surface area (Å²) < 4.78 is 6.99. The number of hydrogen-bond acceptors (Lipinski definition) is 8. The molecule has 1 aliphatic heterocycles. The fourth-order valence-corrected chi connectivity index (χ4v) is 4.52. The van der Waals surface area contributed by atoms with Crippen molar-refractivity contribution in [1.29, 1.82) is 0 Å². The number of ether oxygens (including phenoxy) is 1. The second-order valence-electron chi connectivity index (χ2n) is 8.44. The van der Waals surface area contributed by atoms with Crippen molar-refractivity contribution < 1.29 is 9.53 Å². The second kappa shape index (κ2) is 8.28. The number of hydrogen-bond donors (Lipinski definition) is 2. The third-order valence-corrected chi connectivity index (χ3v) is 5.94. The summed E-state index contributed by atoms with van der Waals surface area (Å²) in [5.74, 6) is 0.145. The molecule has 33 heavy (non-hydrogen) atoms. The number of amides is 1. The lowest BCUT2D eigenvalue weighted by Crippen LogP contribution is -2.54. The number of carbonyl (C=O) groups excluding carboxylic acids is 1. The largest absolute Gasteiger partial charge is 0.467 e. The molecule has 1 aliphatic rings. The van der Waals surface area contributed by atoms with Crippen LogP contribution in [0.2, 0.25) is 0 Å². The molecule has 0 spiro atoms. The molecule has 10 heteroatoms. The predicted octanol–water partition coefficient (Wildman–Crippen LogP) is 2.36. The van der Waals surface area contributed by atoms with Crippen LogP contribution in [0.25, 0.3) is 21.8 Å². The van der Waals surface area contributed by atoms with Crippen molar-refractivity contribution in [1.82, 2.24) is 30.0 Å². The average molecular weight is 447 g/mol. The Morgan fingerprint density at radius 1 is 1.12 bits per heavy atom. The number of nitrogens with zero attached hydrogens (tertiary/aromatic N) is 6. The van der Waals surface area contributed by atoms with E-state index in [1.54, 1.807) is 29.3 Å². The van der Waals surface area contributed by atoms with Crippen LogP contribution in [0.1, 0.15) is 24.2 Å². The Labute approximate surface area is 191 Å². The number of pyridine rings is 1. The van der Waals surface area contributed by atoms with Gasteiger partial charge in [-0.25, -0.2) is 9.97 Å². The van der Waals surface area contributed by atoms with Crippen molar-refractivity contribution in [3.05, 3.63) is 42.4 Å². The highest BCUT2D eigenvalue weighted by Gasteiger charge is 2.25. The molecule has 4 aromatic rings. The van der Waals surface area contributed by atoms with Crippen molar-refractivity contribution in [3.8, 4) is 6.01 Å². The van der Waals surface area contributed by atoms with Gasteiger partial charge in [-0.05, 0) is 32.0 Å². The van der Waals surface area contributed by atoms with Gasteiger partial charge in [-0.15, -0.1) is 0 Å². The van der Waals surface area contributed by atoms with Gasteiger partial charge in [-0.2, -0.15) is 10.1 Å². The van der Waals surface area contributed by atoms with Gasteiger partial charge in [0.05, 0.1) is 35.3 Å². The van der Waals surface area contributed by atoms with Crippen LogP contribution in [0.3, 0.4) is 0 Å². The quantitative estimate of drug-likeness (QED) is 0.492. The maximum atomic E-state index is 13.4. The van der Waals surface area contributed by atoms with Crippen LogP contribution in [-0.2, 0) is 7.05 Å². The molecule has 0 unspecified atom stereocenters. The Hall–Kier alpha value is -3.79. The summed E-state index contributed by atoms with van der Waals surface area (Å²) in [6.07, 6.45) is 5.07. The van der Waals surface area contributed by atoms with Crippen LogP contribution in [0.15, 0.2) is 36.8 Å². The summed E-state index contributed by atoms with van der Waals surface area (Å²) in [4.78, 5) is 28.9. The smallest absolute Gasteiger partial charge is 0.316 e. The van der Waals surface area contributed by atoms with Crippen LogP contribution in [0, 0.1) is 0 Å². The zero-order valence-electron chi connectivity index (χ0n) is 19.0. The molecule has 0 radical (unpaired) electrons. The Bertz CT molecular complexity index is 1340. The molecule has 10 nitrogen and oxygen atoms in total. The Balaban J connectivity index is 1.57. The van der Waals surface area contributed by atoms with Crippen molar-refractivity contribution in [2.45, 2.75) is 25.9 Å². The van der Waals surface area contributed by atoms with Gasteiger partial charge in [0.25, 0.3) is 5.91 Å². The minimum atomic E-state index is -0.307. The molecule has 2 atom stereocenters. The minimum absolute atomic E-state index is 0.211. The van der Waals surface area contributed by atoms with Gasteiger partial charge in [0.2, 0.25) is 0 Å². The van der Waals surface area contributed by atoms with E-state index in [-0.39, 0.29) is 11.9 Å². The van der Waals surface area contributed by atoms with Crippen molar-refractivity contribution in [2.24, 2.45) is 7.05 Å². The average Bonchev–Trinajstić information content (AvgIpc) is 3.19. The number of fused-ring (bicyclic) bond motifs is 2.